The van der Waals surface area contributed by atoms with Crippen LogP contribution in [0.3, 0.4) is 0 Å². The molecule has 0 heterocycles. The van der Waals surface area contributed by atoms with E-state index in [1.54, 1.807) is 18.2 Å². The molecule has 7 nitrogen and oxygen atoms in total. The maximum Gasteiger partial charge on any atom is 0.240 e. The smallest absolute Gasteiger partial charge is 0.240 e. The highest BCUT2D eigenvalue weighted by molar-refractivity contribution is 14.0. The normalized spacial score (nSPS) is 12.6. The molecule has 2 aromatic rings. The van der Waals surface area contributed by atoms with E-state index in [4.69, 9.17) is 4.74 Å². The van der Waals surface area contributed by atoms with Crippen molar-refractivity contribution in [3.05, 3.63) is 59.2 Å². The minimum absolute atomic E-state index is 0. The summed E-state index contributed by atoms with van der Waals surface area (Å²) in [5, 5.41) is 6.57. The van der Waals surface area contributed by atoms with Crippen molar-refractivity contribution in [2.75, 3.05) is 13.6 Å². The van der Waals surface area contributed by atoms with Crippen LogP contribution in [0.1, 0.15) is 43.9 Å². The Morgan fingerprint density at radius 2 is 1.88 bits per heavy atom. The van der Waals surface area contributed by atoms with Crippen molar-refractivity contribution >= 4 is 40.0 Å². The van der Waals surface area contributed by atoms with Crippen molar-refractivity contribution in [2.24, 2.45) is 4.99 Å². The Bertz CT molecular complexity index is 996. The molecule has 0 spiro atoms. The second kappa shape index (κ2) is 13.6. The van der Waals surface area contributed by atoms with Crippen molar-refractivity contribution in [2.45, 2.75) is 58.2 Å². The zero-order chi connectivity index (χ0) is 22.9. The fourth-order valence-electron chi connectivity index (χ4n) is 2.84. The molecule has 2 rings (SSSR count). The van der Waals surface area contributed by atoms with Crippen LogP contribution >= 0.6 is 24.0 Å². The molecular formula is C23H35IN4O3S. The van der Waals surface area contributed by atoms with Gasteiger partial charge in [-0.2, -0.15) is 0 Å². The van der Waals surface area contributed by atoms with E-state index in [-0.39, 0.29) is 35.0 Å². The predicted octanol–water partition coefficient (Wildman–Crippen LogP) is 3.95. The zero-order valence-corrected chi connectivity index (χ0v) is 22.6. The van der Waals surface area contributed by atoms with Crippen LogP contribution in [0, 0.1) is 6.92 Å². The van der Waals surface area contributed by atoms with Gasteiger partial charge in [-0.05, 0) is 63.6 Å². The lowest BCUT2D eigenvalue weighted by Crippen LogP contribution is -2.37. The molecule has 0 aliphatic rings. The number of benzene rings is 2. The number of hydrogen-bond acceptors (Lipinski definition) is 4. The Morgan fingerprint density at radius 3 is 2.53 bits per heavy atom. The van der Waals surface area contributed by atoms with Gasteiger partial charge >= 0.3 is 0 Å². The van der Waals surface area contributed by atoms with Crippen LogP contribution in [0.5, 0.6) is 5.75 Å². The van der Waals surface area contributed by atoms with Crippen LogP contribution in [-0.2, 0) is 23.1 Å². The number of rotatable bonds is 10. The lowest BCUT2D eigenvalue weighted by Gasteiger charge is -2.18. The van der Waals surface area contributed by atoms with Crippen LogP contribution in [-0.4, -0.2) is 34.1 Å². The summed E-state index contributed by atoms with van der Waals surface area (Å²) in [6.45, 7) is 9.84. The summed E-state index contributed by atoms with van der Waals surface area (Å²) in [5.41, 5.74) is 3.02. The first-order valence-corrected chi connectivity index (χ1v) is 12.1. The number of aliphatic imine (C=N–C) groups is 1. The third kappa shape index (κ3) is 8.59. The average molecular weight is 575 g/mol. The first-order chi connectivity index (χ1) is 14.8. The zero-order valence-electron chi connectivity index (χ0n) is 19.4. The predicted molar refractivity (Wildman–Crippen MR) is 141 cm³/mol. The van der Waals surface area contributed by atoms with E-state index >= 15 is 0 Å². The van der Waals surface area contributed by atoms with Crippen molar-refractivity contribution in [3.8, 4) is 5.75 Å². The molecule has 178 valence electrons. The summed E-state index contributed by atoms with van der Waals surface area (Å²) in [6.07, 6.45) is 1.08. The first-order valence-electron chi connectivity index (χ1n) is 10.6. The van der Waals surface area contributed by atoms with Gasteiger partial charge in [-0.3, -0.25) is 0 Å². The van der Waals surface area contributed by atoms with Gasteiger partial charge in [-0.1, -0.05) is 31.2 Å². The standard InChI is InChI=1S/C23H34N4O3S.HI/c1-6-18(4)30-22-13-17(3)11-12-20(22)16-27-23(25-7-2)26-15-19-9-8-10-21(14-19)31(28,29)24-5;/h8-14,18,24H,6-7,15-16H2,1-5H3,(H2,25,26,27);1H. The SMILES string of the molecule is CCNC(=NCc1cccc(S(=O)(=O)NC)c1)NCc1ccc(C)cc1OC(C)CC.I. The molecule has 0 aliphatic carbocycles. The summed E-state index contributed by atoms with van der Waals surface area (Å²) in [7, 11) is -2.08. The molecule has 0 bridgehead atoms. The molecule has 0 radical (unpaired) electrons. The Hall–Kier alpha value is -1.85. The summed E-state index contributed by atoms with van der Waals surface area (Å²) >= 11 is 0. The van der Waals surface area contributed by atoms with E-state index in [1.807, 2.05) is 13.0 Å². The van der Waals surface area contributed by atoms with Crippen molar-refractivity contribution < 1.29 is 13.2 Å². The maximum atomic E-state index is 12.0. The highest BCUT2D eigenvalue weighted by Crippen LogP contribution is 2.22. The van der Waals surface area contributed by atoms with Gasteiger partial charge in [0.15, 0.2) is 5.96 Å². The highest BCUT2D eigenvalue weighted by atomic mass is 127. The number of ether oxygens (including phenoxy) is 1. The largest absolute Gasteiger partial charge is 0.490 e. The van der Waals surface area contributed by atoms with Crippen LogP contribution in [0.2, 0.25) is 0 Å². The lowest BCUT2D eigenvalue weighted by molar-refractivity contribution is 0.215. The van der Waals surface area contributed by atoms with Gasteiger partial charge in [-0.25, -0.2) is 18.1 Å². The molecule has 0 aromatic heterocycles. The van der Waals surface area contributed by atoms with Gasteiger partial charge in [0, 0.05) is 18.7 Å². The number of halogens is 1. The number of sulfonamides is 1. The molecule has 0 amide bonds. The fraction of sp³-hybridized carbons (Fsp3) is 0.435. The summed E-state index contributed by atoms with van der Waals surface area (Å²) in [6, 6.07) is 13.0. The Labute approximate surface area is 209 Å². The van der Waals surface area contributed by atoms with Crippen LogP contribution in [0.4, 0.5) is 0 Å². The van der Waals surface area contributed by atoms with Gasteiger partial charge < -0.3 is 15.4 Å². The van der Waals surface area contributed by atoms with Gasteiger partial charge in [0.05, 0.1) is 17.5 Å². The Kier molecular flexibility index (Phi) is 12.0. The third-order valence-corrected chi connectivity index (χ3v) is 6.23. The number of hydrogen-bond donors (Lipinski definition) is 3. The molecule has 0 fully saturated rings. The Balaban J connectivity index is 0.00000512. The van der Waals surface area contributed by atoms with E-state index in [9.17, 15) is 8.42 Å². The van der Waals surface area contributed by atoms with Gasteiger partial charge in [0.1, 0.15) is 5.75 Å². The fourth-order valence-corrected chi connectivity index (χ4v) is 3.64. The van der Waals surface area contributed by atoms with Gasteiger partial charge in [-0.15, -0.1) is 24.0 Å². The minimum atomic E-state index is -3.48. The molecule has 32 heavy (non-hydrogen) atoms. The van der Waals surface area contributed by atoms with E-state index in [1.165, 1.54) is 7.05 Å². The molecule has 0 saturated carbocycles. The molecule has 3 N–H and O–H groups in total. The second-order valence-electron chi connectivity index (χ2n) is 7.35. The van der Waals surface area contributed by atoms with E-state index in [2.05, 4.69) is 59.3 Å². The monoisotopic (exact) mass is 574 g/mol. The second-order valence-corrected chi connectivity index (χ2v) is 9.24. The molecule has 1 atom stereocenters. The first kappa shape index (κ1) is 28.2. The van der Waals surface area contributed by atoms with E-state index < -0.39 is 10.0 Å². The molecule has 0 aliphatic heterocycles. The van der Waals surface area contributed by atoms with Gasteiger partial charge in [0.2, 0.25) is 10.0 Å². The number of aryl methyl sites for hydroxylation is 1. The van der Waals surface area contributed by atoms with E-state index in [0.29, 0.717) is 25.6 Å². The molecule has 9 heteroatoms. The Morgan fingerprint density at radius 1 is 1.12 bits per heavy atom. The molecule has 0 saturated heterocycles. The molecule has 2 aromatic carbocycles. The van der Waals surface area contributed by atoms with Crippen LogP contribution in [0.15, 0.2) is 52.4 Å². The van der Waals surface area contributed by atoms with Crippen molar-refractivity contribution in [1.29, 1.82) is 0 Å². The quantitative estimate of drug-likeness (QED) is 0.227. The maximum absolute atomic E-state index is 12.0. The highest BCUT2D eigenvalue weighted by Gasteiger charge is 2.12. The van der Waals surface area contributed by atoms with Crippen LogP contribution < -0.4 is 20.1 Å². The van der Waals surface area contributed by atoms with Crippen molar-refractivity contribution in [1.82, 2.24) is 15.4 Å². The van der Waals surface area contributed by atoms with Crippen LogP contribution in [0.25, 0.3) is 0 Å². The summed E-state index contributed by atoms with van der Waals surface area (Å²) in [5.74, 6) is 1.53. The topological polar surface area (TPSA) is 91.8 Å². The summed E-state index contributed by atoms with van der Waals surface area (Å²) < 4.78 is 32.5. The van der Waals surface area contributed by atoms with Crippen molar-refractivity contribution in [3.63, 3.8) is 0 Å². The molecule has 1 unspecified atom stereocenters. The average Bonchev–Trinajstić information content (AvgIpc) is 2.76. The summed E-state index contributed by atoms with van der Waals surface area (Å²) in [4.78, 5) is 4.84. The minimum Gasteiger partial charge on any atom is -0.490 e. The van der Waals surface area contributed by atoms with Gasteiger partial charge in [0.25, 0.3) is 0 Å². The van der Waals surface area contributed by atoms with E-state index in [0.717, 1.165) is 28.9 Å². The number of nitrogens with zero attached hydrogens (tertiary/aromatic N) is 1. The third-order valence-electron chi connectivity index (χ3n) is 4.81. The number of nitrogens with one attached hydrogen (secondary N) is 3. The lowest BCUT2D eigenvalue weighted by atomic mass is 10.1. The number of guanidine groups is 1. The molecular weight excluding hydrogens is 539 g/mol.